The second kappa shape index (κ2) is 8.52. The van der Waals surface area contributed by atoms with Crippen LogP contribution in [0.1, 0.15) is 29.0 Å². The first-order chi connectivity index (χ1) is 12.5. The first-order valence-electron chi connectivity index (χ1n) is 9.25. The quantitative estimate of drug-likeness (QED) is 0.762. The van der Waals surface area contributed by atoms with Gasteiger partial charge >= 0.3 is 0 Å². The van der Waals surface area contributed by atoms with Crippen LogP contribution in [0.15, 0.2) is 40.8 Å². The number of carbonyl (C=O) groups excluding carboxylic acids is 1. The van der Waals surface area contributed by atoms with Crippen molar-refractivity contribution < 1.29 is 13.9 Å². The van der Waals surface area contributed by atoms with Crippen LogP contribution in [0.2, 0.25) is 0 Å². The van der Waals surface area contributed by atoms with Gasteiger partial charge in [0.2, 0.25) is 0 Å². The molecule has 26 heavy (non-hydrogen) atoms. The molecule has 3 rings (SSSR count). The minimum absolute atomic E-state index is 0.0597. The molecule has 1 atom stereocenters. The third kappa shape index (κ3) is 4.74. The van der Waals surface area contributed by atoms with Crippen LogP contribution in [0.25, 0.3) is 11.3 Å². The molecule has 1 aliphatic rings. The van der Waals surface area contributed by atoms with Crippen molar-refractivity contribution in [2.45, 2.75) is 25.9 Å². The van der Waals surface area contributed by atoms with E-state index in [-0.39, 0.29) is 12.0 Å². The summed E-state index contributed by atoms with van der Waals surface area (Å²) in [6.45, 7) is 4.92. The Kier molecular flexibility index (Phi) is 6.12. The number of hydrogen-bond donors (Lipinski definition) is 0. The first kappa shape index (κ1) is 18.7. The molecule has 1 aromatic heterocycles. The molecule has 0 aliphatic carbocycles. The maximum atomic E-state index is 13.0. The zero-order chi connectivity index (χ0) is 18.5. The van der Waals surface area contributed by atoms with Gasteiger partial charge in [-0.05, 0) is 58.1 Å². The second-order valence-electron chi connectivity index (χ2n) is 7.18. The van der Waals surface area contributed by atoms with Crippen molar-refractivity contribution in [3.63, 3.8) is 0 Å². The smallest absolute Gasteiger partial charge is 0.253 e. The lowest BCUT2D eigenvalue weighted by molar-refractivity contribution is 0.0512. The van der Waals surface area contributed by atoms with E-state index in [1.165, 1.54) is 0 Å². The summed E-state index contributed by atoms with van der Waals surface area (Å²) in [5, 5.41) is 0. The molecule has 2 aromatic rings. The highest BCUT2D eigenvalue weighted by Crippen LogP contribution is 2.23. The number of carbonyl (C=O) groups is 1. The number of furan rings is 1. The highest BCUT2D eigenvalue weighted by atomic mass is 16.5. The lowest BCUT2D eigenvalue weighted by Crippen LogP contribution is -2.41. The minimum atomic E-state index is 0.0597. The van der Waals surface area contributed by atoms with Crippen LogP contribution in [0.4, 0.5) is 0 Å². The van der Waals surface area contributed by atoms with Crippen molar-refractivity contribution in [1.29, 1.82) is 0 Å². The highest BCUT2D eigenvalue weighted by Gasteiger charge is 2.23. The van der Waals surface area contributed by atoms with Crippen molar-refractivity contribution in [2.24, 2.45) is 0 Å². The summed E-state index contributed by atoms with van der Waals surface area (Å²) in [5.41, 5.74) is 1.68. The molecule has 1 aromatic carbocycles. The summed E-state index contributed by atoms with van der Waals surface area (Å²) < 4.78 is 11.4. The zero-order valence-corrected chi connectivity index (χ0v) is 15.9. The van der Waals surface area contributed by atoms with Crippen molar-refractivity contribution >= 4 is 5.91 Å². The topological polar surface area (TPSA) is 45.9 Å². The highest BCUT2D eigenvalue weighted by molar-refractivity contribution is 5.94. The van der Waals surface area contributed by atoms with Crippen LogP contribution in [-0.4, -0.2) is 62.1 Å². The van der Waals surface area contributed by atoms with E-state index in [2.05, 4.69) is 4.90 Å². The van der Waals surface area contributed by atoms with Gasteiger partial charge in [-0.2, -0.15) is 0 Å². The maximum absolute atomic E-state index is 13.0. The standard InChI is InChI=1S/C21H28N2O3/c1-16-6-11-20(26-16)17-7-9-18(10-8-17)21(24)23(13-12-22(2)3)15-19-5-4-14-25-19/h6-11,19H,4-5,12-15H2,1-3H3/t19-/m0/s1. The molecular formula is C21H28N2O3. The molecular weight excluding hydrogens is 328 g/mol. The first-order valence-corrected chi connectivity index (χ1v) is 9.25. The summed E-state index contributed by atoms with van der Waals surface area (Å²) in [4.78, 5) is 17.0. The fraction of sp³-hybridized carbons (Fsp3) is 0.476. The minimum Gasteiger partial charge on any atom is -0.461 e. The number of aryl methyl sites for hydroxylation is 1. The molecule has 0 spiro atoms. The average Bonchev–Trinajstić information content (AvgIpc) is 3.29. The summed E-state index contributed by atoms with van der Waals surface area (Å²) in [7, 11) is 4.05. The van der Waals surface area contributed by atoms with E-state index >= 15 is 0 Å². The van der Waals surface area contributed by atoms with Gasteiger partial charge in [-0.1, -0.05) is 12.1 Å². The summed E-state index contributed by atoms with van der Waals surface area (Å²) in [6.07, 6.45) is 2.27. The lowest BCUT2D eigenvalue weighted by Gasteiger charge is -2.27. The molecule has 0 radical (unpaired) electrons. The third-order valence-corrected chi connectivity index (χ3v) is 4.71. The van der Waals surface area contributed by atoms with E-state index < -0.39 is 0 Å². The second-order valence-corrected chi connectivity index (χ2v) is 7.18. The molecule has 0 bridgehead atoms. The fourth-order valence-electron chi connectivity index (χ4n) is 3.18. The Morgan fingerprint density at radius 1 is 1.12 bits per heavy atom. The predicted molar refractivity (Wildman–Crippen MR) is 102 cm³/mol. The monoisotopic (exact) mass is 356 g/mol. The Balaban J connectivity index is 1.71. The van der Waals surface area contributed by atoms with E-state index in [9.17, 15) is 4.79 Å². The number of rotatable bonds is 7. The number of likely N-dealkylation sites (N-methyl/N-ethyl adjacent to an activating group) is 1. The number of ether oxygens (including phenoxy) is 1. The fourth-order valence-corrected chi connectivity index (χ4v) is 3.18. The van der Waals surface area contributed by atoms with E-state index in [1.807, 2.05) is 62.3 Å². The maximum Gasteiger partial charge on any atom is 0.253 e. The molecule has 1 aliphatic heterocycles. The normalized spacial score (nSPS) is 17.0. The van der Waals surface area contributed by atoms with Crippen LogP contribution >= 0.6 is 0 Å². The Bertz CT molecular complexity index is 715. The van der Waals surface area contributed by atoms with Gasteiger partial charge in [0.05, 0.1) is 6.10 Å². The SMILES string of the molecule is Cc1ccc(-c2ccc(C(=O)N(CCN(C)C)C[C@@H]3CCCO3)cc2)o1. The largest absolute Gasteiger partial charge is 0.461 e. The van der Waals surface area contributed by atoms with Gasteiger partial charge in [0.1, 0.15) is 11.5 Å². The molecule has 1 fully saturated rings. The van der Waals surface area contributed by atoms with Gasteiger partial charge < -0.3 is 19.0 Å². The van der Waals surface area contributed by atoms with Crippen LogP contribution in [0.3, 0.4) is 0 Å². The van der Waals surface area contributed by atoms with E-state index in [0.29, 0.717) is 18.7 Å². The van der Waals surface area contributed by atoms with Crippen molar-refractivity contribution in [3.8, 4) is 11.3 Å². The Morgan fingerprint density at radius 3 is 2.46 bits per heavy atom. The Labute approximate surface area is 155 Å². The Hall–Kier alpha value is -2.11. The lowest BCUT2D eigenvalue weighted by atomic mass is 10.1. The number of benzene rings is 1. The van der Waals surface area contributed by atoms with Crippen LogP contribution < -0.4 is 0 Å². The summed E-state index contributed by atoms with van der Waals surface area (Å²) in [5.74, 6) is 1.77. The van der Waals surface area contributed by atoms with Crippen molar-refractivity contribution in [2.75, 3.05) is 40.3 Å². The molecule has 140 valence electrons. The number of hydrogen-bond acceptors (Lipinski definition) is 4. The molecule has 1 saturated heterocycles. The van der Waals surface area contributed by atoms with E-state index in [0.717, 1.165) is 43.1 Å². The van der Waals surface area contributed by atoms with E-state index in [4.69, 9.17) is 9.15 Å². The van der Waals surface area contributed by atoms with Gasteiger partial charge in [0.25, 0.3) is 5.91 Å². The zero-order valence-electron chi connectivity index (χ0n) is 15.9. The average molecular weight is 356 g/mol. The summed E-state index contributed by atoms with van der Waals surface area (Å²) in [6, 6.07) is 11.6. The van der Waals surface area contributed by atoms with Crippen LogP contribution in [0, 0.1) is 6.92 Å². The van der Waals surface area contributed by atoms with Crippen LogP contribution in [0.5, 0.6) is 0 Å². The molecule has 0 saturated carbocycles. The third-order valence-electron chi connectivity index (χ3n) is 4.71. The summed E-state index contributed by atoms with van der Waals surface area (Å²) >= 11 is 0. The molecule has 2 heterocycles. The molecule has 5 heteroatoms. The van der Waals surface area contributed by atoms with Crippen molar-refractivity contribution in [1.82, 2.24) is 9.80 Å². The number of amides is 1. The number of nitrogens with zero attached hydrogens (tertiary/aromatic N) is 2. The van der Waals surface area contributed by atoms with Gasteiger partial charge in [0.15, 0.2) is 0 Å². The van der Waals surface area contributed by atoms with Gasteiger partial charge in [-0.3, -0.25) is 4.79 Å². The van der Waals surface area contributed by atoms with E-state index in [1.54, 1.807) is 0 Å². The molecule has 1 amide bonds. The predicted octanol–water partition coefficient (Wildman–Crippen LogP) is 3.44. The molecule has 0 N–H and O–H groups in total. The van der Waals surface area contributed by atoms with Crippen molar-refractivity contribution in [3.05, 3.63) is 47.7 Å². The molecule has 5 nitrogen and oxygen atoms in total. The van der Waals surface area contributed by atoms with Gasteiger partial charge in [0, 0.05) is 37.4 Å². The van der Waals surface area contributed by atoms with Crippen LogP contribution in [-0.2, 0) is 4.74 Å². The van der Waals surface area contributed by atoms with Gasteiger partial charge in [-0.25, -0.2) is 0 Å². The molecule has 0 unspecified atom stereocenters. The Morgan fingerprint density at radius 2 is 1.88 bits per heavy atom. The van der Waals surface area contributed by atoms with Gasteiger partial charge in [-0.15, -0.1) is 0 Å².